The molecular weight excluding hydrogens is 381 g/mol. The summed E-state index contributed by atoms with van der Waals surface area (Å²) in [5.41, 5.74) is 0.894. The lowest BCUT2D eigenvalue weighted by molar-refractivity contribution is 0.259. The summed E-state index contributed by atoms with van der Waals surface area (Å²) in [4.78, 5) is 9.21. The van der Waals surface area contributed by atoms with Crippen molar-refractivity contribution in [2.45, 2.75) is 19.0 Å². The maximum atomic E-state index is 4.83. The van der Waals surface area contributed by atoms with Gasteiger partial charge in [0.15, 0.2) is 5.96 Å². The first-order valence-electron chi connectivity index (χ1n) is 7.10. The van der Waals surface area contributed by atoms with Gasteiger partial charge in [0.2, 0.25) is 0 Å². The summed E-state index contributed by atoms with van der Waals surface area (Å²) >= 11 is 0. The number of hydrogen-bond acceptors (Lipinski definition) is 4. The average Bonchev–Trinajstić information content (AvgIpc) is 3.21. The van der Waals surface area contributed by atoms with E-state index in [0.717, 1.165) is 37.8 Å². The van der Waals surface area contributed by atoms with Crippen LogP contribution in [-0.4, -0.2) is 60.2 Å². The van der Waals surface area contributed by atoms with Crippen molar-refractivity contribution in [1.29, 1.82) is 0 Å². The second-order valence-electron chi connectivity index (χ2n) is 5.21. The maximum absolute atomic E-state index is 4.83. The number of halogens is 1. The molecule has 1 aromatic rings. The van der Waals surface area contributed by atoms with Gasteiger partial charge in [-0.3, -0.25) is 9.89 Å². The number of likely N-dealkylation sites (tertiary alicyclic amines) is 1. The molecule has 2 aliphatic heterocycles. The lowest BCUT2D eigenvalue weighted by Crippen LogP contribution is -2.42. The normalized spacial score (nSPS) is 22.6. The SMILES string of the molecule is CN=C(NCc1ccon1)N1CCC(N2CC=CC2)C1.I. The Hall–Kier alpha value is -1.09. The molecule has 0 spiro atoms. The lowest BCUT2D eigenvalue weighted by Gasteiger charge is -2.25. The van der Waals surface area contributed by atoms with Crippen LogP contribution in [0.1, 0.15) is 12.1 Å². The monoisotopic (exact) mass is 403 g/mol. The molecule has 21 heavy (non-hydrogen) atoms. The van der Waals surface area contributed by atoms with Crippen molar-refractivity contribution in [2.75, 3.05) is 33.2 Å². The molecule has 0 radical (unpaired) electrons. The predicted molar refractivity (Wildman–Crippen MR) is 92.8 cm³/mol. The predicted octanol–water partition coefficient (Wildman–Crippen LogP) is 1.31. The summed E-state index contributed by atoms with van der Waals surface area (Å²) in [5, 5.41) is 7.24. The van der Waals surface area contributed by atoms with Gasteiger partial charge >= 0.3 is 0 Å². The summed E-state index contributed by atoms with van der Waals surface area (Å²) in [5.74, 6) is 0.947. The second-order valence-corrected chi connectivity index (χ2v) is 5.21. The third-order valence-corrected chi connectivity index (χ3v) is 3.96. The van der Waals surface area contributed by atoms with Crippen molar-refractivity contribution >= 4 is 29.9 Å². The van der Waals surface area contributed by atoms with E-state index < -0.39 is 0 Å². The van der Waals surface area contributed by atoms with Gasteiger partial charge in [-0.05, 0) is 6.42 Å². The van der Waals surface area contributed by atoms with Crippen LogP contribution in [0.4, 0.5) is 0 Å². The molecule has 0 bridgehead atoms. The van der Waals surface area contributed by atoms with Crippen molar-refractivity contribution in [2.24, 2.45) is 4.99 Å². The highest BCUT2D eigenvalue weighted by Gasteiger charge is 2.29. The highest BCUT2D eigenvalue weighted by atomic mass is 127. The van der Waals surface area contributed by atoms with Gasteiger partial charge in [-0.1, -0.05) is 17.3 Å². The van der Waals surface area contributed by atoms with Gasteiger partial charge in [-0.25, -0.2) is 0 Å². The Morgan fingerprint density at radius 2 is 2.29 bits per heavy atom. The zero-order valence-corrected chi connectivity index (χ0v) is 14.6. The third kappa shape index (κ3) is 3.97. The molecule has 0 amide bonds. The zero-order valence-electron chi connectivity index (χ0n) is 12.2. The quantitative estimate of drug-likeness (QED) is 0.357. The molecular formula is C14H22IN5O. The molecule has 0 saturated carbocycles. The highest BCUT2D eigenvalue weighted by molar-refractivity contribution is 14.0. The average molecular weight is 403 g/mol. The Bertz CT molecular complexity index is 480. The van der Waals surface area contributed by atoms with E-state index in [9.17, 15) is 0 Å². The molecule has 1 N–H and O–H groups in total. The van der Waals surface area contributed by atoms with Crippen LogP contribution in [0.25, 0.3) is 0 Å². The van der Waals surface area contributed by atoms with Crippen molar-refractivity contribution < 1.29 is 4.52 Å². The van der Waals surface area contributed by atoms with E-state index in [1.54, 1.807) is 6.26 Å². The first kappa shape index (κ1) is 16.3. The van der Waals surface area contributed by atoms with Gasteiger partial charge in [0.25, 0.3) is 0 Å². The van der Waals surface area contributed by atoms with Crippen molar-refractivity contribution in [3.8, 4) is 0 Å². The number of rotatable bonds is 3. The largest absolute Gasteiger partial charge is 0.364 e. The number of nitrogens with one attached hydrogen (secondary N) is 1. The fourth-order valence-electron chi connectivity index (χ4n) is 2.86. The molecule has 1 saturated heterocycles. The molecule has 116 valence electrons. The summed E-state index contributed by atoms with van der Waals surface area (Å²) < 4.78 is 4.83. The minimum Gasteiger partial charge on any atom is -0.364 e. The van der Waals surface area contributed by atoms with Crippen LogP contribution in [0.2, 0.25) is 0 Å². The summed E-state index contributed by atoms with van der Waals surface area (Å²) in [6, 6.07) is 2.50. The molecule has 2 aliphatic rings. The smallest absolute Gasteiger partial charge is 0.194 e. The molecule has 1 aromatic heterocycles. The van der Waals surface area contributed by atoms with Crippen LogP contribution in [0.3, 0.4) is 0 Å². The lowest BCUT2D eigenvalue weighted by atomic mass is 10.2. The van der Waals surface area contributed by atoms with Gasteiger partial charge in [0, 0.05) is 45.3 Å². The van der Waals surface area contributed by atoms with E-state index in [1.807, 2.05) is 13.1 Å². The fraction of sp³-hybridized carbons (Fsp3) is 0.571. The third-order valence-electron chi connectivity index (χ3n) is 3.96. The Labute approximate surface area is 142 Å². The summed E-state index contributed by atoms with van der Waals surface area (Å²) in [6.07, 6.45) is 7.29. The minimum atomic E-state index is 0. The number of guanidine groups is 1. The number of aliphatic imine (C=N–C) groups is 1. The van der Waals surface area contributed by atoms with Gasteiger partial charge in [-0.2, -0.15) is 0 Å². The number of hydrogen-bond donors (Lipinski definition) is 1. The molecule has 0 aliphatic carbocycles. The molecule has 3 rings (SSSR count). The Morgan fingerprint density at radius 1 is 1.48 bits per heavy atom. The van der Waals surface area contributed by atoms with E-state index in [2.05, 4.69) is 37.4 Å². The van der Waals surface area contributed by atoms with Gasteiger partial charge in [0.05, 0.1) is 6.54 Å². The van der Waals surface area contributed by atoms with E-state index in [0.29, 0.717) is 12.6 Å². The highest BCUT2D eigenvalue weighted by Crippen LogP contribution is 2.17. The first-order chi connectivity index (χ1) is 9.86. The van der Waals surface area contributed by atoms with Gasteiger partial charge in [-0.15, -0.1) is 24.0 Å². The van der Waals surface area contributed by atoms with Crippen LogP contribution >= 0.6 is 24.0 Å². The van der Waals surface area contributed by atoms with Crippen LogP contribution in [-0.2, 0) is 6.54 Å². The van der Waals surface area contributed by atoms with Crippen molar-refractivity contribution in [3.05, 3.63) is 30.2 Å². The van der Waals surface area contributed by atoms with E-state index in [-0.39, 0.29) is 24.0 Å². The standard InChI is InChI=1S/C14H21N5O.HI/c1-15-14(16-10-12-5-9-20-17-12)19-8-4-13(11-19)18-6-2-3-7-18;/h2-3,5,9,13H,4,6-8,10-11H2,1H3,(H,15,16);1H. The van der Waals surface area contributed by atoms with Crippen LogP contribution < -0.4 is 5.32 Å². The van der Waals surface area contributed by atoms with E-state index in [1.165, 1.54) is 6.42 Å². The first-order valence-corrected chi connectivity index (χ1v) is 7.10. The van der Waals surface area contributed by atoms with Crippen molar-refractivity contribution in [1.82, 2.24) is 20.3 Å². The molecule has 1 atom stereocenters. The van der Waals surface area contributed by atoms with Crippen molar-refractivity contribution in [3.63, 3.8) is 0 Å². The Morgan fingerprint density at radius 3 is 2.95 bits per heavy atom. The van der Waals surface area contributed by atoms with Crippen LogP contribution in [0, 0.1) is 0 Å². The number of aromatic nitrogens is 1. The second kappa shape index (κ2) is 7.79. The van der Waals surface area contributed by atoms with Gasteiger partial charge in [0.1, 0.15) is 12.0 Å². The van der Waals surface area contributed by atoms with Gasteiger partial charge < -0.3 is 14.7 Å². The fourth-order valence-corrected chi connectivity index (χ4v) is 2.86. The summed E-state index contributed by atoms with van der Waals surface area (Å²) in [6.45, 7) is 4.92. The topological polar surface area (TPSA) is 56.9 Å². The maximum Gasteiger partial charge on any atom is 0.194 e. The Kier molecular flexibility index (Phi) is 6.04. The summed E-state index contributed by atoms with van der Waals surface area (Å²) in [7, 11) is 1.83. The molecule has 6 nitrogen and oxygen atoms in total. The van der Waals surface area contributed by atoms with Crippen LogP contribution in [0.5, 0.6) is 0 Å². The number of nitrogens with zero attached hydrogens (tertiary/aromatic N) is 4. The molecule has 7 heteroatoms. The zero-order chi connectivity index (χ0) is 13.8. The Balaban J connectivity index is 0.00000161. The molecule has 1 unspecified atom stereocenters. The van der Waals surface area contributed by atoms with E-state index >= 15 is 0 Å². The minimum absolute atomic E-state index is 0. The molecule has 3 heterocycles. The molecule has 0 aromatic carbocycles. The van der Waals surface area contributed by atoms with Crippen LogP contribution in [0.15, 0.2) is 34.0 Å². The molecule has 1 fully saturated rings. The van der Waals surface area contributed by atoms with E-state index in [4.69, 9.17) is 4.52 Å².